The third-order valence-electron chi connectivity index (χ3n) is 9.18. The number of nitrogens with two attached hydrogens (primary N) is 1. The molecule has 0 saturated heterocycles. The van der Waals surface area contributed by atoms with Crippen LogP contribution < -0.4 is 16.0 Å². The summed E-state index contributed by atoms with van der Waals surface area (Å²) in [5, 5.41) is 49.2. The second-order valence-corrected chi connectivity index (χ2v) is 12.2. The van der Waals surface area contributed by atoms with E-state index in [9.17, 15) is 34.8 Å². The van der Waals surface area contributed by atoms with E-state index in [1.165, 1.54) is 0 Å². The highest BCUT2D eigenvalue weighted by Crippen LogP contribution is 2.55. The van der Waals surface area contributed by atoms with Crippen molar-refractivity contribution in [2.24, 2.45) is 36.5 Å². The van der Waals surface area contributed by atoms with Gasteiger partial charge in [0.25, 0.3) is 5.91 Å². The molecule has 11 heteroatoms. The summed E-state index contributed by atoms with van der Waals surface area (Å²) >= 11 is 0. The number of fused-ring (bicyclic) bond motifs is 3. The molecule has 1 fully saturated rings. The highest BCUT2D eigenvalue weighted by Gasteiger charge is 2.64. The summed E-state index contributed by atoms with van der Waals surface area (Å²) in [7, 11) is 5.62. The van der Waals surface area contributed by atoms with Gasteiger partial charge in [0.1, 0.15) is 22.8 Å². The monoisotopic (exact) mass is 578 g/mol. The summed E-state index contributed by atoms with van der Waals surface area (Å²) in [5.41, 5.74) is 4.85. The van der Waals surface area contributed by atoms with E-state index >= 15 is 0 Å². The van der Waals surface area contributed by atoms with Gasteiger partial charge < -0.3 is 40.9 Å². The van der Waals surface area contributed by atoms with Gasteiger partial charge in [0.2, 0.25) is 5.78 Å². The summed E-state index contributed by atoms with van der Waals surface area (Å²) in [6.07, 6.45) is 2.26. The van der Waals surface area contributed by atoms with Gasteiger partial charge in [0.05, 0.1) is 5.56 Å². The van der Waals surface area contributed by atoms with Crippen molar-refractivity contribution in [1.29, 1.82) is 0 Å². The molecule has 0 unspecified atom stereocenters. The Morgan fingerprint density at radius 1 is 1.21 bits per heavy atom. The lowest BCUT2D eigenvalue weighted by Gasteiger charge is -2.50. The number of aliphatic hydroxyl groups is 3. The molecule has 2 aromatic rings. The number of ketones is 2. The molecule has 42 heavy (non-hydrogen) atoms. The molecule has 1 aromatic heterocycles. The fourth-order valence-corrected chi connectivity index (χ4v) is 7.13. The van der Waals surface area contributed by atoms with Gasteiger partial charge in [-0.3, -0.25) is 14.4 Å². The van der Waals surface area contributed by atoms with Crippen molar-refractivity contribution < 1.29 is 34.8 Å². The Bertz CT molecular complexity index is 1570. The number of aliphatic hydroxyl groups excluding tert-OH is 2. The maximum absolute atomic E-state index is 14.1. The van der Waals surface area contributed by atoms with Crippen molar-refractivity contribution in [2.45, 2.75) is 45.4 Å². The highest BCUT2D eigenvalue weighted by atomic mass is 16.3. The molecule has 11 nitrogen and oxygen atoms in total. The van der Waals surface area contributed by atoms with E-state index in [0.29, 0.717) is 17.7 Å². The van der Waals surface area contributed by atoms with Crippen LogP contribution in [0.5, 0.6) is 5.75 Å². The Kier molecular flexibility index (Phi) is 7.23. The molecule has 7 N–H and O–H groups in total. The van der Waals surface area contributed by atoms with Crippen LogP contribution in [0.25, 0.3) is 5.76 Å². The van der Waals surface area contributed by atoms with Gasteiger partial charge >= 0.3 is 0 Å². The minimum atomic E-state index is -2.63. The van der Waals surface area contributed by atoms with Crippen molar-refractivity contribution >= 4 is 28.9 Å². The molecule has 0 bridgehead atoms. The fourth-order valence-electron chi connectivity index (χ4n) is 7.13. The molecular weight excluding hydrogens is 540 g/mol. The van der Waals surface area contributed by atoms with E-state index in [0.717, 1.165) is 11.4 Å². The number of hydrogen-bond donors (Lipinski definition) is 6. The number of phenols is 1. The number of aromatic nitrogens is 1. The van der Waals surface area contributed by atoms with Gasteiger partial charge in [-0.15, -0.1) is 0 Å². The average Bonchev–Trinajstić information content (AvgIpc) is 3.31. The van der Waals surface area contributed by atoms with Gasteiger partial charge in [-0.05, 0) is 48.4 Å². The van der Waals surface area contributed by atoms with Crippen LogP contribution in [0.3, 0.4) is 0 Å². The summed E-state index contributed by atoms with van der Waals surface area (Å²) in [4.78, 5) is 41.5. The third kappa shape index (κ3) is 4.21. The largest absolute Gasteiger partial charge is 0.508 e. The molecule has 1 aromatic carbocycles. The first-order valence-corrected chi connectivity index (χ1v) is 14.1. The molecule has 1 heterocycles. The van der Waals surface area contributed by atoms with Crippen LogP contribution in [0.1, 0.15) is 42.7 Å². The smallest absolute Gasteiger partial charge is 0.255 e. The first-order chi connectivity index (χ1) is 19.7. The minimum Gasteiger partial charge on any atom is -0.508 e. The Hall–Kier alpha value is -4.09. The van der Waals surface area contributed by atoms with Crippen LogP contribution in [0.15, 0.2) is 41.3 Å². The van der Waals surface area contributed by atoms with Gasteiger partial charge in [-0.2, -0.15) is 0 Å². The number of benzene rings is 1. The van der Waals surface area contributed by atoms with E-state index < -0.39 is 57.9 Å². The zero-order chi connectivity index (χ0) is 30.8. The first-order valence-electron chi connectivity index (χ1n) is 14.1. The van der Waals surface area contributed by atoms with Gasteiger partial charge in [0.15, 0.2) is 11.4 Å². The van der Waals surface area contributed by atoms with Crippen LogP contribution in [-0.4, -0.2) is 62.2 Å². The minimum absolute atomic E-state index is 0.0827. The van der Waals surface area contributed by atoms with E-state index in [1.54, 1.807) is 13.8 Å². The summed E-state index contributed by atoms with van der Waals surface area (Å²) in [6.45, 7) is 4.27. The second kappa shape index (κ2) is 10.3. The number of rotatable bonds is 7. The molecule has 3 aliphatic carbocycles. The third-order valence-corrected chi connectivity index (χ3v) is 9.18. The fraction of sp³-hybridized carbons (Fsp3) is 0.452. The normalized spacial score (nSPS) is 25.5. The molecule has 0 spiro atoms. The zero-order valence-electron chi connectivity index (χ0n) is 24.4. The number of Topliss-reactive ketones (excluding diaryl/α,β-unsaturated/α-hetero) is 2. The van der Waals surface area contributed by atoms with Gasteiger partial charge in [0, 0.05) is 74.8 Å². The van der Waals surface area contributed by atoms with Crippen molar-refractivity contribution in [3.05, 3.63) is 63.7 Å². The van der Waals surface area contributed by atoms with E-state index in [1.807, 2.05) is 55.0 Å². The molecule has 4 atom stereocenters. The number of carbonyl (C=O) groups excluding carboxylic acids is 3. The van der Waals surface area contributed by atoms with Crippen molar-refractivity contribution in [2.75, 3.05) is 19.0 Å². The second-order valence-electron chi connectivity index (χ2n) is 12.2. The lowest BCUT2D eigenvalue weighted by molar-refractivity contribution is -0.155. The zero-order valence-corrected chi connectivity index (χ0v) is 24.4. The molecule has 224 valence electrons. The molecule has 1 saturated carbocycles. The molecule has 3 aliphatic rings. The van der Waals surface area contributed by atoms with Crippen molar-refractivity contribution in [1.82, 2.24) is 9.88 Å². The Labute approximate surface area is 243 Å². The summed E-state index contributed by atoms with van der Waals surface area (Å²) < 4.78 is 1.98. The number of phenolic OH excluding ortho intramolecular Hbond substituents is 1. The summed E-state index contributed by atoms with van der Waals surface area (Å²) in [6, 6.07) is 5.76. The standard InChI is InChI=1S/C31H38N4O7/c1-14(2)21-19-10-15-9-18-20(34(3)4)11-16(12-33-13-17-7-6-8-35(17)5)25(36)23(18)27(38)22(15)28(39)31(19,42)29(40)24(26(21)37)30(32)41/h6-8,11,14-15,19,21,33,36,38,40,42H,9-10,12-13H2,1-5H3,(H2,32,41)/t15-,19-,21-,31-/m0/s1. The number of primary amides is 1. The number of carbonyl (C=O) groups is 3. The maximum atomic E-state index is 14.1. The molecule has 0 aliphatic heterocycles. The molecular formula is C31H38N4O7. The number of amides is 1. The number of hydrogen-bond acceptors (Lipinski definition) is 9. The van der Waals surface area contributed by atoms with Crippen molar-refractivity contribution in [3.8, 4) is 5.75 Å². The summed E-state index contributed by atoms with van der Waals surface area (Å²) in [5.74, 6) is -7.69. The van der Waals surface area contributed by atoms with Crippen LogP contribution in [0.4, 0.5) is 5.69 Å². The van der Waals surface area contributed by atoms with Crippen molar-refractivity contribution in [3.63, 3.8) is 0 Å². The predicted molar refractivity (Wildman–Crippen MR) is 155 cm³/mol. The number of aryl methyl sites for hydroxylation is 1. The number of nitrogens with one attached hydrogen (secondary N) is 1. The van der Waals surface area contributed by atoms with Gasteiger partial charge in [-0.1, -0.05) is 13.8 Å². The topological polar surface area (TPSA) is 178 Å². The van der Waals surface area contributed by atoms with Crippen LogP contribution in [0, 0.1) is 23.7 Å². The van der Waals surface area contributed by atoms with E-state index in [-0.39, 0.29) is 42.2 Å². The predicted octanol–water partition coefficient (Wildman–Crippen LogP) is 2.00. The Balaban J connectivity index is 1.63. The Morgan fingerprint density at radius 3 is 2.48 bits per heavy atom. The number of anilines is 1. The van der Waals surface area contributed by atoms with Crippen LogP contribution in [-0.2, 0) is 40.9 Å². The molecule has 5 rings (SSSR count). The van der Waals surface area contributed by atoms with Crippen LogP contribution >= 0.6 is 0 Å². The quantitative estimate of drug-likeness (QED) is 0.268. The molecule has 0 radical (unpaired) electrons. The number of aromatic hydroxyl groups is 1. The van der Waals surface area contributed by atoms with Crippen LogP contribution in [0.2, 0.25) is 0 Å². The first kappa shape index (κ1) is 29.4. The lowest BCUT2D eigenvalue weighted by atomic mass is 9.54. The van der Waals surface area contributed by atoms with E-state index in [2.05, 4.69) is 5.32 Å². The van der Waals surface area contributed by atoms with E-state index in [4.69, 9.17) is 5.73 Å². The number of nitrogens with zero attached hydrogens (tertiary/aromatic N) is 2. The highest BCUT2D eigenvalue weighted by molar-refractivity contribution is 6.23. The lowest BCUT2D eigenvalue weighted by Crippen LogP contribution is -2.62. The molecule has 1 amide bonds. The maximum Gasteiger partial charge on any atom is 0.255 e. The average molecular weight is 579 g/mol. The SMILES string of the molecule is CC(C)[C@@H]1C(=O)C(C(N)=O)=C(O)[C@@]2(O)C(=O)C3=C(O)c4c(O)c(CNCc5cccn5C)cc(N(C)C)c4C[C@H]3C[C@@H]12. The van der Waals surface area contributed by atoms with Gasteiger partial charge in [-0.25, -0.2) is 0 Å². The Morgan fingerprint density at radius 2 is 1.90 bits per heavy atom.